The second-order valence-electron chi connectivity index (χ2n) is 7.62. The van der Waals surface area contributed by atoms with Gasteiger partial charge in [0.15, 0.2) is 17.5 Å². The lowest BCUT2D eigenvalue weighted by Crippen LogP contribution is -2.16. The van der Waals surface area contributed by atoms with E-state index in [-0.39, 0.29) is 0 Å². The second-order valence-corrected chi connectivity index (χ2v) is 7.62. The summed E-state index contributed by atoms with van der Waals surface area (Å²) in [4.78, 5) is 8.68. The molecule has 3 rings (SSSR count). The molecule has 0 aliphatic heterocycles. The third kappa shape index (κ3) is 5.09. The minimum Gasteiger partial charge on any atom is -0.236 e. The van der Waals surface area contributed by atoms with Crippen LogP contribution in [-0.4, -0.2) is 9.97 Å². The first-order valence-corrected chi connectivity index (χ1v) is 9.92. The summed E-state index contributed by atoms with van der Waals surface area (Å²) in [5.41, 5.74) is 1.62. The number of hydrogen-bond acceptors (Lipinski definition) is 2. The first-order chi connectivity index (χ1) is 12.7. The lowest BCUT2D eigenvalue weighted by atomic mass is 9.77. The van der Waals surface area contributed by atoms with Gasteiger partial charge in [-0.15, -0.1) is 0 Å². The smallest absolute Gasteiger partial charge is 0.159 e. The largest absolute Gasteiger partial charge is 0.236 e. The molecule has 0 radical (unpaired) electrons. The summed E-state index contributed by atoms with van der Waals surface area (Å²) < 4.78 is 26.4. The topological polar surface area (TPSA) is 25.8 Å². The van der Waals surface area contributed by atoms with Gasteiger partial charge >= 0.3 is 0 Å². The highest BCUT2D eigenvalue weighted by molar-refractivity contribution is 5.54. The molecule has 1 heterocycles. The monoisotopic (exact) mass is 358 g/mol. The molecule has 2 aromatic rings. The van der Waals surface area contributed by atoms with Crippen molar-refractivity contribution in [2.45, 2.75) is 64.7 Å². The van der Waals surface area contributed by atoms with Crippen LogP contribution < -0.4 is 0 Å². The fourth-order valence-corrected chi connectivity index (χ4v) is 4.06. The van der Waals surface area contributed by atoms with Gasteiger partial charge in [-0.2, -0.15) is 0 Å². The van der Waals surface area contributed by atoms with E-state index in [4.69, 9.17) is 0 Å². The normalized spacial score (nSPS) is 20.3. The molecule has 0 N–H and O–H groups in total. The number of hydrogen-bond donors (Lipinski definition) is 0. The highest BCUT2D eigenvalue weighted by Crippen LogP contribution is 2.34. The molecule has 0 saturated heterocycles. The predicted molar refractivity (Wildman–Crippen MR) is 101 cm³/mol. The number of benzene rings is 1. The van der Waals surface area contributed by atoms with Gasteiger partial charge in [0.05, 0.1) is 0 Å². The summed E-state index contributed by atoms with van der Waals surface area (Å²) in [6.07, 6.45) is 15.3. The summed E-state index contributed by atoms with van der Waals surface area (Å²) in [7, 11) is 0. The van der Waals surface area contributed by atoms with Crippen LogP contribution in [0.5, 0.6) is 0 Å². The summed E-state index contributed by atoms with van der Waals surface area (Å²) in [6.45, 7) is 2.27. The quantitative estimate of drug-likeness (QED) is 0.576. The van der Waals surface area contributed by atoms with E-state index < -0.39 is 11.6 Å². The number of aryl methyl sites for hydroxylation is 1. The number of rotatable bonds is 7. The number of unbranched alkanes of at least 4 members (excludes halogenated alkanes) is 1. The first kappa shape index (κ1) is 18.9. The molecule has 1 aromatic carbocycles. The van der Waals surface area contributed by atoms with Gasteiger partial charge in [-0.1, -0.05) is 45.4 Å². The van der Waals surface area contributed by atoms with Crippen molar-refractivity contribution in [3.05, 3.63) is 47.8 Å². The zero-order valence-corrected chi connectivity index (χ0v) is 15.6. The Morgan fingerprint density at radius 1 is 1.00 bits per heavy atom. The molecule has 1 aliphatic carbocycles. The van der Waals surface area contributed by atoms with E-state index >= 15 is 0 Å². The van der Waals surface area contributed by atoms with Crippen molar-refractivity contribution in [2.24, 2.45) is 11.8 Å². The van der Waals surface area contributed by atoms with Gasteiger partial charge < -0.3 is 0 Å². The van der Waals surface area contributed by atoms with Crippen molar-refractivity contribution in [1.82, 2.24) is 9.97 Å². The van der Waals surface area contributed by atoms with Crippen molar-refractivity contribution in [3.63, 3.8) is 0 Å². The highest BCUT2D eigenvalue weighted by atomic mass is 19.2. The minimum absolute atomic E-state index is 0.435. The van der Waals surface area contributed by atoms with Crippen molar-refractivity contribution in [2.75, 3.05) is 0 Å². The van der Waals surface area contributed by atoms with E-state index in [9.17, 15) is 8.78 Å². The molecule has 1 aliphatic rings. The van der Waals surface area contributed by atoms with Crippen molar-refractivity contribution in [3.8, 4) is 11.4 Å². The van der Waals surface area contributed by atoms with E-state index in [1.165, 1.54) is 57.4 Å². The molecule has 1 saturated carbocycles. The molecule has 2 nitrogen and oxygen atoms in total. The van der Waals surface area contributed by atoms with Gasteiger partial charge in [-0.05, 0) is 54.9 Å². The van der Waals surface area contributed by atoms with Gasteiger partial charge in [0, 0.05) is 18.0 Å². The zero-order chi connectivity index (χ0) is 18.4. The summed E-state index contributed by atoms with van der Waals surface area (Å²) in [5, 5.41) is 0. The Labute approximate surface area is 155 Å². The molecular formula is C22H28F2N2. The van der Waals surface area contributed by atoms with Crippen LogP contribution in [0.3, 0.4) is 0 Å². The Bertz CT molecular complexity index is 700. The van der Waals surface area contributed by atoms with Crippen LogP contribution in [0.2, 0.25) is 0 Å². The molecule has 0 amide bonds. The van der Waals surface area contributed by atoms with Gasteiger partial charge in [-0.25, -0.2) is 18.7 Å². The fraction of sp³-hybridized carbons (Fsp3) is 0.545. The Morgan fingerprint density at radius 2 is 1.73 bits per heavy atom. The Morgan fingerprint density at radius 3 is 2.42 bits per heavy atom. The maximum Gasteiger partial charge on any atom is 0.159 e. The van der Waals surface area contributed by atoms with Gasteiger partial charge in [0.1, 0.15) is 0 Å². The summed E-state index contributed by atoms with van der Waals surface area (Å²) in [5.74, 6) is 0.447. The van der Waals surface area contributed by atoms with Gasteiger partial charge in [0.2, 0.25) is 0 Å². The molecule has 2 unspecified atom stereocenters. The average Bonchev–Trinajstić information content (AvgIpc) is 2.68. The molecular weight excluding hydrogens is 330 g/mol. The van der Waals surface area contributed by atoms with Crippen LogP contribution in [0.4, 0.5) is 8.78 Å². The molecule has 1 aromatic heterocycles. The lowest BCUT2D eigenvalue weighted by molar-refractivity contribution is 0.240. The number of aromatic nitrogens is 2. The SMILES string of the molecule is CCCCC1CCCC(CCc2cnc(-c3ccc(F)c(F)c3)nc2)C1. The average molecular weight is 358 g/mol. The fourth-order valence-electron chi connectivity index (χ4n) is 4.06. The van der Waals surface area contributed by atoms with Crippen LogP contribution >= 0.6 is 0 Å². The van der Waals surface area contributed by atoms with Crippen LogP contribution in [-0.2, 0) is 6.42 Å². The van der Waals surface area contributed by atoms with Gasteiger partial charge in [0.25, 0.3) is 0 Å². The molecule has 4 heteroatoms. The van der Waals surface area contributed by atoms with E-state index in [2.05, 4.69) is 16.9 Å². The van der Waals surface area contributed by atoms with Crippen LogP contribution in [0.15, 0.2) is 30.6 Å². The second kappa shape index (κ2) is 9.20. The Hall–Kier alpha value is -1.84. The van der Waals surface area contributed by atoms with Crippen LogP contribution in [0.1, 0.15) is 63.9 Å². The van der Waals surface area contributed by atoms with Crippen molar-refractivity contribution in [1.29, 1.82) is 0 Å². The highest BCUT2D eigenvalue weighted by Gasteiger charge is 2.21. The summed E-state index contributed by atoms with van der Waals surface area (Å²) in [6, 6.07) is 3.76. The number of halogens is 2. The van der Waals surface area contributed by atoms with E-state index in [1.54, 1.807) is 0 Å². The van der Waals surface area contributed by atoms with E-state index in [0.717, 1.165) is 36.0 Å². The van der Waals surface area contributed by atoms with E-state index in [1.807, 2.05) is 12.4 Å². The molecule has 26 heavy (non-hydrogen) atoms. The molecule has 0 spiro atoms. The predicted octanol–water partition coefficient (Wildman–Crippen LogP) is 6.35. The first-order valence-electron chi connectivity index (χ1n) is 9.92. The third-order valence-electron chi connectivity index (χ3n) is 5.58. The van der Waals surface area contributed by atoms with Crippen LogP contribution in [0.25, 0.3) is 11.4 Å². The van der Waals surface area contributed by atoms with Crippen molar-refractivity contribution >= 4 is 0 Å². The Kier molecular flexibility index (Phi) is 6.70. The zero-order valence-electron chi connectivity index (χ0n) is 15.6. The Balaban J connectivity index is 1.53. The van der Waals surface area contributed by atoms with Crippen molar-refractivity contribution < 1.29 is 8.78 Å². The van der Waals surface area contributed by atoms with Crippen LogP contribution in [0, 0.1) is 23.5 Å². The molecule has 140 valence electrons. The third-order valence-corrected chi connectivity index (χ3v) is 5.58. The maximum absolute atomic E-state index is 13.3. The lowest BCUT2D eigenvalue weighted by Gasteiger charge is -2.29. The molecule has 2 atom stereocenters. The number of nitrogens with zero attached hydrogens (tertiary/aromatic N) is 2. The van der Waals surface area contributed by atoms with Gasteiger partial charge in [-0.3, -0.25) is 0 Å². The van der Waals surface area contributed by atoms with E-state index in [0.29, 0.717) is 11.4 Å². The minimum atomic E-state index is -0.870. The summed E-state index contributed by atoms with van der Waals surface area (Å²) >= 11 is 0. The standard InChI is InChI=1S/C22H28F2N2/c1-2-3-5-16-6-4-7-17(12-16)8-9-18-14-25-22(26-15-18)19-10-11-20(23)21(24)13-19/h10-11,13-17H,2-9,12H2,1H3. The maximum atomic E-state index is 13.3. The molecule has 0 bridgehead atoms. The molecule has 1 fully saturated rings.